The van der Waals surface area contributed by atoms with E-state index in [9.17, 15) is 40.3 Å². The number of rotatable bonds is 8. The maximum atomic E-state index is 14.2. The second-order valence-corrected chi connectivity index (χ2v) is 6.16. The van der Waals surface area contributed by atoms with Crippen molar-refractivity contribution in [1.82, 2.24) is 0 Å². The summed E-state index contributed by atoms with van der Waals surface area (Å²) in [5.41, 5.74) is -1.34. The number of ether oxygens (including phenoxy) is 2. The Morgan fingerprint density at radius 1 is 0.938 bits per heavy atom. The lowest BCUT2D eigenvalue weighted by atomic mass is 10.1. The highest BCUT2D eigenvalue weighted by atomic mass is 19.4. The number of halogens is 7. The third-order valence-corrected chi connectivity index (χ3v) is 3.79. The number of carboxylic acid groups (broad SMARTS) is 1. The van der Waals surface area contributed by atoms with E-state index < -0.39 is 72.1 Å². The van der Waals surface area contributed by atoms with Crippen LogP contribution in [0.1, 0.15) is 28.8 Å². The highest BCUT2D eigenvalue weighted by Gasteiger charge is 2.32. The van der Waals surface area contributed by atoms with Gasteiger partial charge in [-0.2, -0.15) is 22.0 Å². The third kappa shape index (κ3) is 6.46. The Bertz CT molecular complexity index is 1000. The van der Waals surface area contributed by atoms with Crippen LogP contribution in [-0.2, 0) is 4.79 Å². The second-order valence-electron chi connectivity index (χ2n) is 6.16. The average Bonchev–Trinajstić information content (AvgIpc) is 2.70. The Morgan fingerprint density at radius 2 is 1.50 bits per heavy atom. The fourth-order valence-electron chi connectivity index (χ4n) is 2.34. The zero-order valence-electron chi connectivity index (χ0n) is 15.8. The van der Waals surface area contributed by atoms with Crippen LogP contribution in [0.3, 0.4) is 0 Å². The van der Waals surface area contributed by atoms with Crippen molar-refractivity contribution in [1.29, 1.82) is 0 Å². The molecule has 12 heteroatoms. The molecule has 0 heterocycles. The Labute approximate surface area is 175 Å². The van der Waals surface area contributed by atoms with Crippen molar-refractivity contribution in [2.24, 2.45) is 0 Å². The van der Waals surface area contributed by atoms with E-state index in [-0.39, 0.29) is 5.75 Å². The van der Waals surface area contributed by atoms with Crippen molar-refractivity contribution in [3.8, 4) is 11.5 Å². The monoisotopic (exact) mass is 466 g/mol. The van der Waals surface area contributed by atoms with Gasteiger partial charge in [0, 0.05) is 12.5 Å². The molecule has 2 aromatic carbocycles. The van der Waals surface area contributed by atoms with E-state index in [0.29, 0.717) is 5.56 Å². The SMILES string of the molecule is O=C(O)/C=C/c1ccc(OC(=O)c2c(F)c(F)c(OCCCC(F)(F)F)c(F)c2F)cc1. The zero-order valence-corrected chi connectivity index (χ0v) is 15.8. The van der Waals surface area contributed by atoms with Crippen molar-refractivity contribution in [3.63, 3.8) is 0 Å². The summed E-state index contributed by atoms with van der Waals surface area (Å²) in [5, 5.41) is 8.54. The van der Waals surface area contributed by atoms with Gasteiger partial charge in [-0.3, -0.25) is 0 Å². The Balaban J connectivity index is 2.19. The molecule has 0 radical (unpaired) electrons. The van der Waals surface area contributed by atoms with E-state index in [0.717, 1.165) is 18.2 Å². The van der Waals surface area contributed by atoms with Crippen molar-refractivity contribution >= 4 is 18.0 Å². The molecular formula is C20H13F7O5. The van der Waals surface area contributed by atoms with Gasteiger partial charge in [0.25, 0.3) is 0 Å². The molecule has 0 unspecified atom stereocenters. The molecule has 32 heavy (non-hydrogen) atoms. The van der Waals surface area contributed by atoms with E-state index >= 15 is 0 Å². The summed E-state index contributed by atoms with van der Waals surface area (Å²) < 4.78 is 102. The summed E-state index contributed by atoms with van der Waals surface area (Å²) in [6, 6.07) is 4.82. The normalized spacial score (nSPS) is 11.6. The van der Waals surface area contributed by atoms with Gasteiger partial charge in [0.1, 0.15) is 11.3 Å². The van der Waals surface area contributed by atoms with E-state index in [1.165, 1.54) is 18.2 Å². The number of esters is 1. The molecule has 1 N–H and O–H groups in total. The predicted molar refractivity (Wildman–Crippen MR) is 95.1 cm³/mol. The standard InChI is InChI=1S/C20H13F7O5/c21-14-13(19(30)32-11-5-2-10(3-6-11)4-7-12(28)29)15(22)17(24)18(16(14)23)31-9-1-8-20(25,26)27/h2-7H,1,8-9H2,(H,28,29)/b7-4+. The highest BCUT2D eigenvalue weighted by Crippen LogP contribution is 2.31. The first-order valence-electron chi connectivity index (χ1n) is 8.69. The maximum Gasteiger partial charge on any atom is 0.389 e. The Hall–Kier alpha value is -3.57. The number of hydrogen-bond donors (Lipinski definition) is 1. The fourth-order valence-corrected chi connectivity index (χ4v) is 2.34. The Kier molecular flexibility index (Phi) is 7.84. The van der Waals surface area contributed by atoms with Crippen molar-refractivity contribution in [2.45, 2.75) is 19.0 Å². The van der Waals surface area contributed by atoms with Gasteiger partial charge in [-0.15, -0.1) is 0 Å². The lowest BCUT2D eigenvalue weighted by molar-refractivity contribution is -0.136. The number of hydrogen-bond acceptors (Lipinski definition) is 4. The molecule has 0 saturated heterocycles. The van der Waals surface area contributed by atoms with Crippen LogP contribution >= 0.6 is 0 Å². The largest absolute Gasteiger partial charge is 0.487 e. The summed E-state index contributed by atoms with van der Waals surface area (Å²) in [6.45, 7) is -0.890. The molecule has 0 bridgehead atoms. The number of alkyl halides is 3. The zero-order chi connectivity index (χ0) is 24.1. The predicted octanol–water partition coefficient (Wildman–Crippen LogP) is 5.28. The molecule has 0 aliphatic carbocycles. The van der Waals surface area contributed by atoms with E-state index in [4.69, 9.17) is 5.11 Å². The van der Waals surface area contributed by atoms with Gasteiger partial charge < -0.3 is 14.6 Å². The summed E-state index contributed by atoms with van der Waals surface area (Å²) in [7, 11) is 0. The second kappa shape index (κ2) is 10.2. The summed E-state index contributed by atoms with van der Waals surface area (Å²) in [4.78, 5) is 22.5. The van der Waals surface area contributed by atoms with Crippen LogP contribution in [0.2, 0.25) is 0 Å². The maximum absolute atomic E-state index is 14.2. The molecule has 5 nitrogen and oxygen atoms in total. The minimum absolute atomic E-state index is 0.283. The molecule has 2 aromatic rings. The van der Waals surface area contributed by atoms with Crippen LogP contribution in [0.4, 0.5) is 30.7 Å². The topological polar surface area (TPSA) is 72.8 Å². The van der Waals surface area contributed by atoms with Crippen molar-refractivity contribution in [3.05, 3.63) is 64.7 Å². The number of carboxylic acids is 1. The van der Waals surface area contributed by atoms with Gasteiger partial charge in [0.2, 0.25) is 11.6 Å². The average molecular weight is 466 g/mol. The quantitative estimate of drug-likeness (QED) is 0.143. The van der Waals surface area contributed by atoms with E-state index in [1.54, 1.807) is 0 Å². The smallest absolute Gasteiger partial charge is 0.389 e. The van der Waals surface area contributed by atoms with Crippen LogP contribution in [0.15, 0.2) is 30.3 Å². The highest BCUT2D eigenvalue weighted by molar-refractivity contribution is 5.92. The van der Waals surface area contributed by atoms with Crippen molar-refractivity contribution < 1.29 is 54.9 Å². The van der Waals surface area contributed by atoms with Crippen LogP contribution < -0.4 is 9.47 Å². The molecule has 0 fully saturated rings. The van der Waals surface area contributed by atoms with Crippen LogP contribution in [-0.4, -0.2) is 29.8 Å². The lowest BCUT2D eigenvalue weighted by Gasteiger charge is -2.13. The number of aliphatic carboxylic acids is 1. The number of carbonyl (C=O) groups excluding carboxylic acids is 1. The molecule has 0 amide bonds. The first-order valence-corrected chi connectivity index (χ1v) is 8.69. The number of benzene rings is 2. The molecule has 0 aliphatic heterocycles. The van der Waals surface area contributed by atoms with Crippen LogP contribution in [0.5, 0.6) is 11.5 Å². The first kappa shape index (κ1) is 24.7. The van der Waals surface area contributed by atoms with Crippen LogP contribution in [0.25, 0.3) is 6.08 Å². The van der Waals surface area contributed by atoms with Gasteiger partial charge in [-0.05, 0) is 30.2 Å². The van der Waals surface area contributed by atoms with Crippen LogP contribution in [0, 0.1) is 23.3 Å². The lowest BCUT2D eigenvalue weighted by Crippen LogP contribution is -2.18. The van der Waals surface area contributed by atoms with E-state index in [1.807, 2.05) is 0 Å². The van der Waals surface area contributed by atoms with E-state index in [2.05, 4.69) is 9.47 Å². The molecule has 172 valence electrons. The minimum atomic E-state index is -4.56. The van der Waals surface area contributed by atoms with Gasteiger partial charge >= 0.3 is 18.1 Å². The molecule has 0 spiro atoms. The van der Waals surface area contributed by atoms with Gasteiger partial charge in [-0.25, -0.2) is 18.4 Å². The summed E-state index contributed by atoms with van der Waals surface area (Å²) >= 11 is 0. The number of carbonyl (C=O) groups is 2. The molecule has 0 atom stereocenters. The van der Waals surface area contributed by atoms with Gasteiger partial charge in [0.15, 0.2) is 17.4 Å². The van der Waals surface area contributed by atoms with Crippen molar-refractivity contribution in [2.75, 3.05) is 6.61 Å². The summed E-state index contributed by atoms with van der Waals surface area (Å²) in [5.74, 6) is -13.4. The Morgan fingerprint density at radius 3 is 2.00 bits per heavy atom. The molecule has 0 saturated carbocycles. The molecule has 0 aliphatic rings. The van der Waals surface area contributed by atoms with Gasteiger partial charge in [-0.1, -0.05) is 12.1 Å². The summed E-state index contributed by atoms with van der Waals surface area (Å²) in [6.07, 6.45) is -4.62. The minimum Gasteiger partial charge on any atom is -0.487 e. The van der Waals surface area contributed by atoms with Gasteiger partial charge in [0.05, 0.1) is 6.61 Å². The first-order chi connectivity index (χ1) is 14.9. The molecule has 0 aromatic heterocycles. The third-order valence-electron chi connectivity index (χ3n) is 3.79. The fraction of sp³-hybridized carbons (Fsp3) is 0.200. The molecule has 2 rings (SSSR count). The molecular weight excluding hydrogens is 453 g/mol.